The molecule has 0 amide bonds. The van der Waals surface area contributed by atoms with Gasteiger partial charge in [0, 0.05) is 5.56 Å². The second-order valence-corrected chi connectivity index (χ2v) is 4.67. The molecule has 0 spiro atoms. The van der Waals surface area contributed by atoms with Crippen molar-refractivity contribution in [1.82, 2.24) is 0 Å². The zero-order valence-electron chi connectivity index (χ0n) is 11.6. The van der Waals surface area contributed by atoms with Crippen LogP contribution >= 0.6 is 0 Å². The molecule has 130 valence electrons. The van der Waals surface area contributed by atoms with Gasteiger partial charge in [-0.15, -0.1) is 13.2 Å². The molecular weight excluding hydrogens is 348 g/mol. The van der Waals surface area contributed by atoms with Crippen molar-refractivity contribution < 1.29 is 39.9 Å². The third-order valence-electron chi connectivity index (χ3n) is 3.01. The Hall–Kier alpha value is -2.32. The van der Waals surface area contributed by atoms with E-state index in [4.69, 9.17) is 0 Å². The summed E-state index contributed by atoms with van der Waals surface area (Å²) in [6.07, 6.45) is -12.9. The molecule has 0 atom stereocenters. The van der Waals surface area contributed by atoms with Crippen LogP contribution in [0.1, 0.15) is 17.6 Å². The van der Waals surface area contributed by atoms with Gasteiger partial charge in [-0.05, 0) is 35.4 Å². The van der Waals surface area contributed by atoms with Crippen LogP contribution in [0.4, 0.5) is 35.1 Å². The van der Waals surface area contributed by atoms with Crippen molar-refractivity contribution in [3.63, 3.8) is 0 Å². The highest BCUT2D eigenvalue weighted by molar-refractivity contribution is 5.69. The van der Waals surface area contributed by atoms with Crippen LogP contribution in [0.25, 0.3) is 11.1 Å². The average Bonchev–Trinajstić information content (AvgIpc) is 2.45. The third-order valence-corrected chi connectivity index (χ3v) is 3.01. The highest BCUT2D eigenvalue weighted by Gasteiger charge is 2.32. The molecule has 0 N–H and O–H groups in total. The number of alkyl halides is 8. The number of hydrogen-bond donors (Lipinski definition) is 0. The third kappa shape index (κ3) is 4.36. The largest absolute Gasteiger partial charge is 0.573 e. The Bertz CT molecular complexity index is 701. The average molecular weight is 356 g/mol. The summed E-state index contributed by atoms with van der Waals surface area (Å²) in [7, 11) is 0. The molecule has 0 bridgehead atoms. The van der Waals surface area contributed by atoms with Gasteiger partial charge in [0.1, 0.15) is 5.75 Å². The molecule has 0 unspecified atom stereocenters. The van der Waals surface area contributed by atoms with E-state index in [1.807, 2.05) is 0 Å². The van der Waals surface area contributed by atoms with Crippen molar-refractivity contribution in [1.29, 1.82) is 0 Å². The summed E-state index contributed by atoms with van der Waals surface area (Å²) >= 11 is 0. The zero-order valence-corrected chi connectivity index (χ0v) is 11.6. The van der Waals surface area contributed by atoms with Gasteiger partial charge >= 0.3 is 12.5 Å². The molecule has 0 aliphatic rings. The maximum absolute atomic E-state index is 13.0. The van der Waals surface area contributed by atoms with Crippen molar-refractivity contribution in [2.24, 2.45) is 0 Å². The van der Waals surface area contributed by atoms with E-state index >= 15 is 0 Å². The van der Waals surface area contributed by atoms with Crippen LogP contribution in [-0.4, -0.2) is 6.36 Å². The van der Waals surface area contributed by atoms with Crippen molar-refractivity contribution in [2.45, 2.75) is 19.0 Å². The predicted molar refractivity (Wildman–Crippen MR) is 68.5 cm³/mol. The highest BCUT2D eigenvalue weighted by atomic mass is 19.4. The topological polar surface area (TPSA) is 9.23 Å². The first-order chi connectivity index (χ1) is 11.0. The Morgan fingerprint density at radius 2 is 1.38 bits per heavy atom. The number of hydrogen-bond acceptors (Lipinski definition) is 1. The molecule has 0 saturated heterocycles. The summed E-state index contributed by atoms with van der Waals surface area (Å²) < 4.78 is 104. The van der Waals surface area contributed by atoms with Crippen LogP contribution < -0.4 is 4.74 Å². The van der Waals surface area contributed by atoms with E-state index in [1.54, 1.807) is 0 Å². The number of halogens is 8. The fraction of sp³-hybridized carbons (Fsp3) is 0.200. The molecule has 24 heavy (non-hydrogen) atoms. The highest BCUT2D eigenvalue weighted by Crippen LogP contribution is 2.37. The minimum absolute atomic E-state index is 0.0357. The molecule has 0 aromatic heterocycles. The first kappa shape index (κ1) is 18.0. The maximum atomic E-state index is 13.0. The minimum Gasteiger partial charge on any atom is -0.406 e. The van der Waals surface area contributed by atoms with E-state index in [0.29, 0.717) is 12.1 Å². The molecule has 0 fully saturated rings. The summed E-state index contributed by atoms with van der Waals surface area (Å²) in [4.78, 5) is 0. The summed E-state index contributed by atoms with van der Waals surface area (Å²) in [5.41, 5.74) is -2.28. The van der Waals surface area contributed by atoms with Gasteiger partial charge in [-0.2, -0.15) is 13.2 Å². The Morgan fingerprint density at radius 3 is 1.83 bits per heavy atom. The van der Waals surface area contributed by atoms with E-state index in [2.05, 4.69) is 4.74 Å². The minimum atomic E-state index is -4.91. The fourth-order valence-electron chi connectivity index (χ4n) is 2.02. The first-order valence-electron chi connectivity index (χ1n) is 6.33. The lowest BCUT2D eigenvalue weighted by Crippen LogP contribution is -2.16. The predicted octanol–water partition coefficient (Wildman–Crippen LogP) is 6.21. The molecule has 0 radical (unpaired) electrons. The molecule has 0 saturated carbocycles. The molecule has 0 aliphatic carbocycles. The molecule has 0 aliphatic heterocycles. The van der Waals surface area contributed by atoms with Crippen LogP contribution in [0.5, 0.6) is 5.75 Å². The monoisotopic (exact) mass is 356 g/mol. The van der Waals surface area contributed by atoms with E-state index in [0.717, 1.165) is 30.3 Å². The lowest BCUT2D eigenvalue weighted by atomic mass is 9.97. The number of ether oxygens (including phenoxy) is 1. The van der Waals surface area contributed by atoms with E-state index in [1.165, 1.54) is 0 Å². The van der Waals surface area contributed by atoms with Crippen molar-refractivity contribution in [2.75, 3.05) is 0 Å². The van der Waals surface area contributed by atoms with Crippen LogP contribution in [0.15, 0.2) is 42.5 Å². The molecule has 9 heteroatoms. The second-order valence-electron chi connectivity index (χ2n) is 4.67. The van der Waals surface area contributed by atoms with Gasteiger partial charge in [0.05, 0.1) is 5.56 Å². The Morgan fingerprint density at radius 1 is 0.792 bits per heavy atom. The first-order valence-corrected chi connectivity index (χ1v) is 6.33. The van der Waals surface area contributed by atoms with Crippen LogP contribution in [0.3, 0.4) is 0 Å². The zero-order chi connectivity index (χ0) is 18.1. The molecular formula is C15H8F8O. The number of benzene rings is 2. The maximum Gasteiger partial charge on any atom is 0.573 e. The molecule has 1 nitrogen and oxygen atoms in total. The van der Waals surface area contributed by atoms with Crippen LogP contribution in [0, 0.1) is 0 Å². The van der Waals surface area contributed by atoms with Crippen LogP contribution in [-0.2, 0) is 6.18 Å². The quantitative estimate of drug-likeness (QED) is 0.594. The van der Waals surface area contributed by atoms with Gasteiger partial charge in [-0.25, -0.2) is 8.78 Å². The summed E-state index contributed by atoms with van der Waals surface area (Å²) in [5.74, 6) is -0.572. The standard InChI is InChI=1S/C15H8F8O/c16-13(17)12-7-9(14(18,19)20)3-6-11(12)8-1-4-10(5-2-8)24-15(21,22)23/h1-7,13H. The van der Waals surface area contributed by atoms with E-state index in [9.17, 15) is 35.1 Å². The Kier molecular flexibility index (Phi) is 4.73. The van der Waals surface area contributed by atoms with Gasteiger partial charge in [0.2, 0.25) is 0 Å². The summed E-state index contributed by atoms with van der Waals surface area (Å²) in [5, 5.41) is 0. The lowest BCUT2D eigenvalue weighted by Gasteiger charge is -2.14. The Balaban J connectivity index is 2.41. The van der Waals surface area contributed by atoms with Crippen molar-refractivity contribution in [3.05, 3.63) is 53.6 Å². The lowest BCUT2D eigenvalue weighted by molar-refractivity contribution is -0.274. The van der Waals surface area contributed by atoms with Gasteiger partial charge in [-0.3, -0.25) is 0 Å². The smallest absolute Gasteiger partial charge is 0.406 e. The molecule has 2 rings (SSSR count). The second kappa shape index (κ2) is 6.29. The van der Waals surface area contributed by atoms with Gasteiger partial charge < -0.3 is 4.74 Å². The number of rotatable bonds is 3. The summed E-state index contributed by atoms with van der Waals surface area (Å²) in [6.45, 7) is 0. The summed E-state index contributed by atoms with van der Waals surface area (Å²) in [6, 6.07) is 5.67. The van der Waals surface area contributed by atoms with Crippen LogP contribution in [0.2, 0.25) is 0 Å². The Labute approximate surface area is 130 Å². The van der Waals surface area contributed by atoms with Gasteiger partial charge in [-0.1, -0.05) is 18.2 Å². The fourth-order valence-corrected chi connectivity index (χ4v) is 2.02. The van der Waals surface area contributed by atoms with Crippen molar-refractivity contribution in [3.8, 4) is 16.9 Å². The SMILES string of the molecule is FC(F)c1cc(C(F)(F)F)ccc1-c1ccc(OC(F)(F)F)cc1. The van der Waals surface area contributed by atoms with Gasteiger partial charge in [0.15, 0.2) is 0 Å². The van der Waals surface area contributed by atoms with Crippen molar-refractivity contribution >= 4 is 0 Å². The molecule has 2 aromatic rings. The molecule has 0 heterocycles. The normalized spacial score (nSPS) is 12.5. The van der Waals surface area contributed by atoms with E-state index < -0.39 is 35.8 Å². The molecule has 2 aromatic carbocycles. The van der Waals surface area contributed by atoms with E-state index in [-0.39, 0.29) is 11.1 Å². The van der Waals surface area contributed by atoms with Gasteiger partial charge in [0.25, 0.3) is 6.43 Å².